The van der Waals surface area contributed by atoms with Crippen LogP contribution in [0.3, 0.4) is 0 Å². The Balaban J connectivity index is 1.61. The van der Waals surface area contributed by atoms with E-state index in [-0.39, 0.29) is 0 Å². The normalized spacial score (nSPS) is 32.5. The van der Waals surface area contributed by atoms with Gasteiger partial charge in [0, 0.05) is 5.92 Å². The zero-order chi connectivity index (χ0) is 24.7. The minimum absolute atomic E-state index is 0.393. The molecule has 4 aliphatic rings. The highest BCUT2D eigenvalue weighted by molar-refractivity contribution is 5.79. The zero-order valence-corrected chi connectivity index (χ0v) is 22.7. The van der Waals surface area contributed by atoms with Crippen molar-refractivity contribution in [2.24, 2.45) is 41.4 Å². The third kappa shape index (κ3) is 4.64. The number of fused-ring (bicyclic) bond motifs is 1. The first-order valence-electron chi connectivity index (χ1n) is 14.0. The molecule has 0 aromatic heterocycles. The van der Waals surface area contributed by atoms with E-state index in [1.54, 1.807) is 11.1 Å². The highest BCUT2D eigenvalue weighted by Gasteiger charge is 2.43. The average Bonchev–Trinajstić information content (AvgIpc) is 3.35. The summed E-state index contributed by atoms with van der Waals surface area (Å²) in [6.07, 6.45) is 20.7. The molecule has 0 spiro atoms. The molecule has 0 heterocycles. The third-order valence-electron chi connectivity index (χ3n) is 9.80. The van der Waals surface area contributed by atoms with Gasteiger partial charge in [-0.2, -0.15) is 0 Å². The topological polar surface area (TPSA) is 9.23 Å². The molecule has 0 N–H and O–H groups in total. The average molecular weight is 469 g/mol. The van der Waals surface area contributed by atoms with Gasteiger partial charge in [0.1, 0.15) is 5.76 Å². The molecule has 186 valence electrons. The van der Waals surface area contributed by atoms with Crippen LogP contribution in [-0.2, 0) is 4.74 Å². The molecular weight excluding hydrogens is 424 g/mol. The van der Waals surface area contributed by atoms with Gasteiger partial charge in [0.15, 0.2) is 0 Å². The van der Waals surface area contributed by atoms with Crippen LogP contribution < -0.4 is 0 Å². The fourth-order valence-electron chi connectivity index (χ4n) is 7.48. The van der Waals surface area contributed by atoms with Crippen LogP contribution in [0.15, 0.2) is 71.6 Å². The third-order valence-corrected chi connectivity index (χ3v) is 9.80. The van der Waals surface area contributed by atoms with Gasteiger partial charge < -0.3 is 4.74 Å². The van der Waals surface area contributed by atoms with E-state index in [2.05, 4.69) is 89.3 Å². The molecule has 0 amide bonds. The molecule has 1 heteroatoms. The van der Waals surface area contributed by atoms with Gasteiger partial charge in [0.2, 0.25) is 0 Å². The molecule has 1 aromatic carbocycles. The first-order chi connectivity index (χ1) is 16.9. The maximum atomic E-state index is 6.16. The van der Waals surface area contributed by atoms with Crippen LogP contribution in [-0.4, -0.2) is 7.11 Å². The van der Waals surface area contributed by atoms with Crippen molar-refractivity contribution in [2.75, 3.05) is 7.11 Å². The van der Waals surface area contributed by atoms with Crippen molar-refractivity contribution in [1.29, 1.82) is 0 Å². The minimum atomic E-state index is 0.393. The maximum absolute atomic E-state index is 6.16. The van der Waals surface area contributed by atoms with E-state index in [1.165, 1.54) is 60.1 Å². The van der Waals surface area contributed by atoms with E-state index in [0.29, 0.717) is 29.6 Å². The lowest BCUT2D eigenvalue weighted by Crippen LogP contribution is -2.35. The smallest absolute Gasteiger partial charge is 0.104 e. The van der Waals surface area contributed by atoms with E-state index < -0.39 is 0 Å². The zero-order valence-electron chi connectivity index (χ0n) is 22.7. The molecule has 1 saturated carbocycles. The summed E-state index contributed by atoms with van der Waals surface area (Å²) in [6, 6.07) is 6.90. The van der Waals surface area contributed by atoms with Gasteiger partial charge in [0.05, 0.1) is 7.11 Å². The number of allylic oxidation sites excluding steroid dienone is 9. The molecule has 1 nitrogen and oxygen atoms in total. The maximum Gasteiger partial charge on any atom is 0.104 e. The van der Waals surface area contributed by atoms with Crippen LogP contribution in [0.4, 0.5) is 0 Å². The monoisotopic (exact) mass is 468 g/mol. The van der Waals surface area contributed by atoms with E-state index in [9.17, 15) is 0 Å². The van der Waals surface area contributed by atoms with E-state index in [1.807, 2.05) is 7.11 Å². The summed E-state index contributed by atoms with van der Waals surface area (Å²) in [5, 5.41) is 0. The SMILES string of the molecule is COC1=CC(c2ccc(C)c(C)c2)=CC2=C(C3CCC(C(C)C)C3)C(C)C(C3C=CC=CC3)CC12. The number of rotatable bonds is 5. The Morgan fingerprint density at radius 3 is 2.46 bits per heavy atom. The van der Waals surface area contributed by atoms with Gasteiger partial charge in [-0.1, -0.05) is 74.9 Å². The molecule has 0 radical (unpaired) electrons. The Morgan fingerprint density at radius 1 is 0.971 bits per heavy atom. The Bertz CT molecular complexity index is 1110. The molecule has 0 aliphatic heterocycles. The summed E-state index contributed by atoms with van der Waals surface area (Å²) in [6.45, 7) is 11.8. The number of hydrogen-bond donors (Lipinski definition) is 0. The Morgan fingerprint density at radius 2 is 1.80 bits per heavy atom. The summed E-state index contributed by atoms with van der Waals surface area (Å²) in [5.74, 6) is 5.85. The molecule has 6 atom stereocenters. The standard InChI is InChI=1S/C34H44O/c1-21(2)26-14-15-28(17-26)34-24(5)30(25-10-8-7-9-11-25)20-31-32(34)18-29(19-33(31)35-6)27-13-12-22(3)23(4)16-27/h7-10,12-13,16,18-19,21,24-26,28,30-31H,11,14-15,17,20H2,1-6H3. The molecule has 4 aliphatic carbocycles. The number of benzene rings is 1. The Labute approximate surface area is 213 Å². The van der Waals surface area contributed by atoms with Crippen molar-refractivity contribution in [3.05, 3.63) is 88.3 Å². The van der Waals surface area contributed by atoms with E-state index in [0.717, 1.165) is 11.8 Å². The van der Waals surface area contributed by atoms with Gasteiger partial charge >= 0.3 is 0 Å². The second kappa shape index (κ2) is 10.00. The largest absolute Gasteiger partial charge is 0.500 e. The van der Waals surface area contributed by atoms with Crippen LogP contribution in [0.2, 0.25) is 0 Å². The number of aryl methyl sites for hydroxylation is 2. The van der Waals surface area contributed by atoms with Crippen molar-refractivity contribution in [2.45, 2.75) is 66.7 Å². The van der Waals surface area contributed by atoms with Crippen molar-refractivity contribution in [3.8, 4) is 0 Å². The summed E-state index contributed by atoms with van der Waals surface area (Å²) in [7, 11) is 1.88. The van der Waals surface area contributed by atoms with E-state index in [4.69, 9.17) is 4.74 Å². The lowest BCUT2D eigenvalue weighted by molar-refractivity contribution is 0.184. The van der Waals surface area contributed by atoms with Crippen molar-refractivity contribution < 1.29 is 4.74 Å². The molecule has 35 heavy (non-hydrogen) atoms. The van der Waals surface area contributed by atoms with Crippen LogP contribution in [0, 0.1) is 55.3 Å². The van der Waals surface area contributed by atoms with Crippen molar-refractivity contribution in [1.82, 2.24) is 0 Å². The van der Waals surface area contributed by atoms with Gasteiger partial charge in [-0.25, -0.2) is 0 Å². The second-order valence-electron chi connectivity index (χ2n) is 12.0. The summed E-state index contributed by atoms with van der Waals surface area (Å²) in [4.78, 5) is 0. The summed E-state index contributed by atoms with van der Waals surface area (Å²) < 4.78 is 6.16. The van der Waals surface area contributed by atoms with Gasteiger partial charge in [-0.3, -0.25) is 0 Å². The number of methoxy groups -OCH3 is 1. The molecule has 1 fully saturated rings. The van der Waals surface area contributed by atoms with Crippen LogP contribution in [0.5, 0.6) is 0 Å². The fourth-order valence-corrected chi connectivity index (χ4v) is 7.48. The molecule has 0 saturated heterocycles. The van der Waals surface area contributed by atoms with Crippen molar-refractivity contribution >= 4 is 5.57 Å². The van der Waals surface area contributed by atoms with Crippen LogP contribution in [0.1, 0.15) is 69.6 Å². The molecule has 0 bridgehead atoms. The molecular formula is C34H44O. The molecule has 1 aromatic rings. The van der Waals surface area contributed by atoms with Gasteiger partial charge in [-0.15, -0.1) is 0 Å². The van der Waals surface area contributed by atoms with Gasteiger partial charge in [-0.05, 0) is 115 Å². The highest BCUT2D eigenvalue weighted by Crippen LogP contribution is 2.54. The van der Waals surface area contributed by atoms with E-state index >= 15 is 0 Å². The summed E-state index contributed by atoms with van der Waals surface area (Å²) >= 11 is 0. The lowest BCUT2D eigenvalue weighted by Gasteiger charge is -2.44. The first-order valence-corrected chi connectivity index (χ1v) is 14.0. The Kier molecular flexibility index (Phi) is 6.97. The first kappa shape index (κ1) is 24.4. The fraction of sp³-hybridized carbons (Fsp3) is 0.529. The predicted molar refractivity (Wildman–Crippen MR) is 149 cm³/mol. The van der Waals surface area contributed by atoms with Crippen LogP contribution in [0.25, 0.3) is 5.57 Å². The highest BCUT2D eigenvalue weighted by atomic mass is 16.5. The lowest BCUT2D eigenvalue weighted by atomic mass is 9.61. The number of hydrogen-bond acceptors (Lipinski definition) is 1. The second-order valence-corrected chi connectivity index (χ2v) is 12.0. The summed E-state index contributed by atoms with van der Waals surface area (Å²) in [5.41, 5.74) is 8.70. The quantitative estimate of drug-likeness (QED) is 0.419. The van der Waals surface area contributed by atoms with Crippen LogP contribution >= 0.6 is 0 Å². The van der Waals surface area contributed by atoms with Gasteiger partial charge in [0.25, 0.3) is 0 Å². The van der Waals surface area contributed by atoms with Crippen molar-refractivity contribution in [3.63, 3.8) is 0 Å². The number of ether oxygens (including phenoxy) is 1. The minimum Gasteiger partial charge on any atom is -0.500 e. The predicted octanol–water partition coefficient (Wildman–Crippen LogP) is 9.00. The Hall–Kier alpha value is -2.28. The molecule has 6 unspecified atom stereocenters. The molecule has 5 rings (SSSR count).